The molecule has 0 heterocycles. The Bertz CT molecular complexity index is 758. The van der Waals surface area contributed by atoms with E-state index >= 15 is 0 Å². The monoisotopic (exact) mass is 318 g/mol. The third-order valence-electron chi connectivity index (χ3n) is 3.02. The van der Waals surface area contributed by atoms with E-state index in [0.717, 1.165) is 11.8 Å². The third-order valence-corrected chi connectivity index (χ3v) is 3.63. The zero-order chi connectivity index (χ0) is 16.2. The number of sulfonamides is 1. The zero-order valence-corrected chi connectivity index (χ0v) is 13.3. The highest BCUT2D eigenvalue weighted by Crippen LogP contribution is 2.14. The van der Waals surface area contributed by atoms with Crippen molar-refractivity contribution in [3.8, 4) is 0 Å². The lowest BCUT2D eigenvalue weighted by molar-refractivity contribution is 0.0785. The first-order valence-corrected chi connectivity index (χ1v) is 8.61. The van der Waals surface area contributed by atoms with Crippen molar-refractivity contribution in [2.45, 2.75) is 6.54 Å². The molecule has 6 heteroatoms. The fourth-order valence-corrected chi connectivity index (χ4v) is 2.63. The van der Waals surface area contributed by atoms with Crippen LogP contribution in [0.15, 0.2) is 54.6 Å². The molecule has 0 aliphatic rings. The minimum atomic E-state index is -3.36. The van der Waals surface area contributed by atoms with Gasteiger partial charge in [-0.1, -0.05) is 36.4 Å². The third kappa shape index (κ3) is 4.60. The average molecular weight is 318 g/mol. The van der Waals surface area contributed by atoms with Crippen LogP contribution in [0.5, 0.6) is 0 Å². The second kappa shape index (κ2) is 6.62. The molecule has 0 bridgehead atoms. The van der Waals surface area contributed by atoms with E-state index in [1.807, 2.05) is 30.3 Å². The molecule has 0 aliphatic carbocycles. The number of hydrogen-bond donors (Lipinski definition) is 1. The Morgan fingerprint density at radius 2 is 1.77 bits per heavy atom. The lowest BCUT2D eigenvalue weighted by atomic mass is 10.1. The summed E-state index contributed by atoms with van der Waals surface area (Å²) in [5, 5.41) is 0. The number of carbonyl (C=O) groups excluding carboxylic acids is 1. The molecule has 2 aromatic carbocycles. The van der Waals surface area contributed by atoms with Gasteiger partial charge in [0.2, 0.25) is 10.0 Å². The molecule has 116 valence electrons. The number of anilines is 1. The van der Waals surface area contributed by atoms with Crippen molar-refractivity contribution in [3.05, 3.63) is 65.7 Å². The van der Waals surface area contributed by atoms with Crippen LogP contribution in [-0.4, -0.2) is 32.5 Å². The van der Waals surface area contributed by atoms with Gasteiger partial charge in [-0.3, -0.25) is 9.52 Å². The molecule has 0 spiro atoms. The fraction of sp³-hybridized carbons (Fsp3) is 0.188. The van der Waals surface area contributed by atoms with Crippen molar-refractivity contribution in [2.75, 3.05) is 18.0 Å². The molecule has 0 unspecified atom stereocenters. The van der Waals surface area contributed by atoms with Crippen molar-refractivity contribution in [3.63, 3.8) is 0 Å². The van der Waals surface area contributed by atoms with Gasteiger partial charge in [0.25, 0.3) is 5.91 Å². The Balaban J connectivity index is 2.13. The predicted octanol–water partition coefficient (Wildman–Crippen LogP) is 2.33. The van der Waals surface area contributed by atoms with E-state index in [0.29, 0.717) is 17.8 Å². The predicted molar refractivity (Wildman–Crippen MR) is 87.1 cm³/mol. The number of hydrogen-bond acceptors (Lipinski definition) is 3. The van der Waals surface area contributed by atoms with Gasteiger partial charge >= 0.3 is 0 Å². The van der Waals surface area contributed by atoms with Crippen molar-refractivity contribution < 1.29 is 13.2 Å². The standard InChI is InChI=1S/C16H18N2O3S/c1-18(12-13-7-4-3-5-8-13)16(19)14-9-6-10-15(11-14)17-22(2,20)21/h3-11,17H,12H2,1-2H3. The smallest absolute Gasteiger partial charge is 0.253 e. The van der Waals surface area contributed by atoms with Crippen molar-refractivity contribution >= 4 is 21.6 Å². The Hall–Kier alpha value is -2.34. The van der Waals surface area contributed by atoms with Gasteiger partial charge in [-0.15, -0.1) is 0 Å². The Morgan fingerprint density at radius 1 is 1.09 bits per heavy atom. The summed E-state index contributed by atoms with van der Waals surface area (Å²) in [6, 6.07) is 16.1. The zero-order valence-electron chi connectivity index (χ0n) is 12.5. The summed E-state index contributed by atoms with van der Waals surface area (Å²) in [5.41, 5.74) is 1.84. The van der Waals surface area contributed by atoms with Gasteiger partial charge in [0.15, 0.2) is 0 Å². The van der Waals surface area contributed by atoms with Crippen LogP contribution in [0.3, 0.4) is 0 Å². The maximum atomic E-state index is 12.4. The van der Waals surface area contributed by atoms with E-state index in [1.54, 1.807) is 30.1 Å². The topological polar surface area (TPSA) is 66.5 Å². The van der Waals surface area contributed by atoms with E-state index in [2.05, 4.69) is 4.72 Å². The molecular formula is C16H18N2O3S. The highest BCUT2D eigenvalue weighted by Gasteiger charge is 2.13. The van der Waals surface area contributed by atoms with Crippen LogP contribution in [0.1, 0.15) is 15.9 Å². The van der Waals surface area contributed by atoms with Gasteiger partial charge < -0.3 is 4.90 Å². The number of nitrogens with zero attached hydrogens (tertiary/aromatic N) is 1. The SMILES string of the molecule is CN(Cc1ccccc1)C(=O)c1cccc(NS(C)(=O)=O)c1. The molecule has 1 N–H and O–H groups in total. The summed E-state index contributed by atoms with van der Waals surface area (Å²) in [6.07, 6.45) is 1.07. The molecule has 2 rings (SSSR count). The molecule has 0 saturated carbocycles. The van der Waals surface area contributed by atoms with Crippen LogP contribution in [0.4, 0.5) is 5.69 Å². The van der Waals surface area contributed by atoms with Gasteiger partial charge in [0.1, 0.15) is 0 Å². The quantitative estimate of drug-likeness (QED) is 0.920. The minimum Gasteiger partial charge on any atom is -0.337 e. The van der Waals surface area contributed by atoms with E-state index in [9.17, 15) is 13.2 Å². The first-order chi connectivity index (χ1) is 10.3. The molecule has 2 aromatic rings. The van der Waals surface area contributed by atoms with Crippen LogP contribution in [0.2, 0.25) is 0 Å². The van der Waals surface area contributed by atoms with Gasteiger partial charge in [0, 0.05) is 24.8 Å². The van der Waals surface area contributed by atoms with Crippen LogP contribution in [-0.2, 0) is 16.6 Å². The molecule has 22 heavy (non-hydrogen) atoms. The molecule has 1 amide bonds. The molecule has 5 nitrogen and oxygen atoms in total. The van der Waals surface area contributed by atoms with Crippen molar-refractivity contribution in [1.29, 1.82) is 0 Å². The Morgan fingerprint density at radius 3 is 2.41 bits per heavy atom. The van der Waals surface area contributed by atoms with Gasteiger partial charge in [-0.2, -0.15) is 0 Å². The lowest BCUT2D eigenvalue weighted by Crippen LogP contribution is -2.26. The van der Waals surface area contributed by atoms with Gasteiger partial charge in [0.05, 0.1) is 6.26 Å². The van der Waals surface area contributed by atoms with E-state index in [1.165, 1.54) is 6.07 Å². The minimum absolute atomic E-state index is 0.166. The molecular weight excluding hydrogens is 300 g/mol. The summed E-state index contributed by atoms with van der Waals surface area (Å²) < 4.78 is 24.9. The van der Waals surface area contributed by atoms with Crippen LogP contribution in [0, 0.1) is 0 Å². The van der Waals surface area contributed by atoms with E-state index in [4.69, 9.17) is 0 Å². The van der Waals surface area contributed by atoms with Crippen molar-refractivity contribution in [2.24, 2.45) is 0 Å². The molecule has 0 radical (unpaired) electrons. The molecule has 0 atom stereocenters. The summed E-state index contributed by atoms with van der Waals surface area (Å²) in [4.78, 5) is 14.0. The molecule has 0 fully saturated rings. The Labute approximate surface area is 130 Å². The van der Waals surface area contributed by atoms with Gasteiger partial charge in [-0.25, -0.2) is 8.42 Å². The maximum Gasteiger partial charge on any atom is 0.253 e. The molecule has 0 aliphatic heterocycles. The van der Waals surface area contributed by atoms with Gasteiger partial charge in [-0.05, 0) is 23.8 Å². The molecule has 0 saturated heterocycles. The number of rotatable bonds is 5. The number of nitrogens with one attached hydrogen (secondary N) is 1. The Kier molecular flexibility index (Phi) is 4.82. The second-order valence-electron chi connectivity index (χ2n) is 5.10. The lowest BCUT2D eigenvalue weighted by Gasteiger charge is -2.18. The first kappa shape index (κ1) is 16.0. The number of amides is 1. The first-order valence-electron chi connectivity index (χ1n) is 6.72. The largest absolute Gasteiger partial charge is 0.337 e. The maximum absolute atomic E-state index is 12.4. The number of benzene rings is 2. The van der Waals surface area contributed by atoms with Crippen molar-refractivity contribution in [1.82, 2.24) is 4.90 Å². The van der Waals surface area contributed by atoms with Crippen LogP contribution >= 0.6 is 0 Å². The summed E-state index contributed by atoms with van der Waals surface area (Å²) in [6.45, 7) is 0.489. The highest BCUT2D eigenvalue weighted by molar-refractivity contribution is 7.92. The average Bonchev–Trinajstić information content (AvgIpc) is 2.46. The van der Waals surface area contributed by atoms with Crippen LogP contribution < -0.4 is 4.72 Å². The summed E-state index contributed by atoms with van der Waals surface area (Å²) in [7, 11) is -1.65. The molecule has 0 aromatic heterocycles. The van der Waals surface area contributed by atoms with E-state index < -0.39 is 10.0 Å². The fourth-order valence-electron chi connectivity index (χ4n) is 2.08. The highest BCUT2D eigenvalue weighted by atomic mass is 32.2. The number of carbonyl (C=O) groups is 1. The normalized spacial score (nSPS) is 11.0. The van der Waals surface area contributed by atoms with E-state index in [-0.39, 0.29) is 5.91 Å². The summed E-state index contributed by atoms with van der Waals surface area (Å²) >= 11 is 0. The summed E-state index contributed by atoms with van der Waals surface area (Å²) in [5.74, 6) is -0.166. The second-order valence-corrected chi connectivity index (χ2v) is 6.85. The van der Waals surface area contributed by atoms with Crippen LogP contribution in [0.25, 0.3) is 0 Å².